The molecule has 1 fully saturated rings. The van der Waals surface area contributed by atoms with Crippen molar-refractivity contribution in [3.63, 3.8) is 0 Å². The number of sulfonamides is 1. The van der Waals surface area contributed by atoms with Crippen LogP contribution in [0.1, 0.15) is 45.1 Å². The molecule has 1 aliphatic rings. The number of rotatable bonds is 6. The molecule has 1 unspecified atom stereocenters. The lowest BCUT2D eigenvalue weighted by atomic mass is 10.2. The molecule has 7 heteroatoms. The van der Waals surface area contributed by atoms with Crippen LogP contribution in [0.25, 0.3) is 6.08 Å². The van der Waals surface area contributed by atoms with Gasteiger partial charge in [0, 0.05) is 13.1 Å². The predicted molar refractivity (Wildman–Crippen MR) is 122 cm³/mol. The normalized spacial score (nSPS) is 16.1. The van der Waals surface area contributed by atoms with Crippen LogP contribution in [0.5, 0.6) is 0 Å². The van der Waals surface area contributed by atoms with Gasteiger partial charge in [0.1, 0.15) is 11.0 Å². The van der Waals surface area contributed by atoms with E-state index in [-0.39, 0.29) is 4.90 Å². The molecule has 0 radical (unpaired) electrons. The fourth-order valence-corrected chi connectivity index (χ4v) is 5.48. The Balaban J connectivity index is 0.00000145. The molecule has 0 aliphatic carbocycles. The zero-order valence-electron chi connectivity index (χ0n) is 17.1. The average Bonchev–Trinajstić information content (AvgIpc) is 3.05. The fourth-order valence-electron chi connectivity index (χ4n) is 3.07. The minimum absolute atomic E-state index is 0.192. The summed E-state index contributed by atoms with van der Waals surface area (Å²) < 4.78 is 42.6. The van der Waals surface area contributed by atoms with E-state index < -0.39 is 21.0 Å². The molecule has 5 nitrogen and oxygen atoms in total. The van der Waals surface area contributed by atoms with E-state index in [1.54, 1.807) is 54.6 Å². The van der Waals surface area contributed by atoms with Crippen molar-refractivity contribution in [2.45, 2.75) is 49.3 Å². The van der Waals surface area contributed by atoms with Crippen LogP contribution >= 0.6 is 0 Å². The van der Waals surface area contributed by atoms with Crippen molar-refractivity contribution in [2.24, 2.45) is 0 Å². The maximum absolute atomic E-state index is 12.9. The Morgan fingerprint density at radius 1 is 1.00 bits per heavy atom. The van der Waals surface area contributed by atoms with Gasteiger partial charge in [0.25, 0.3) is 10.0 Å². The van der Waals surface area contributed by atoms with E-state index in [1.165, 1.54) is 12.8 Å². The maximum atomic E-state index is 12.9. The number of hydrogen-bond acceptors (Lipinski definition) is 3. The van der Waals surface area contributed by atoms with Gasteiger partial charge in [-0.3, -0.25) is 4.72 Å². The van der Waals surface area contributed by atoms with Crippen LogP contribution < -0.4 is 4.72 Å². The van der Waals surface area contributed by atoms with Crippen LogP contribution in [0.15, 0.2) is 64.9 Å². The topological polar surface area (TPSA) is 66.5 Å². The smallest absolute Gasteiger partial charge is 0.261 e. The summed E-state index contributed by atoms with van der Waals surface area (Å²) in [4.78, 5) is 0.853. The van der Waals surface area contributed by atoms with E-state index in [9.17, 15) is 12.6 Å². The van der Waals surface area contributed by atoms with Gasteiger partial charge >= 0.3 is 0 Å². The summed E-state index contributed by atoms with van der Waals surface area (Å²) in [6, 6.07) is 13.3. The lowest BCUT2D eigenvalue weighted by Gasteiger charge is -2.19. The zero-order valence-corrected chi connectivity index (χ0v) is 18.8. The van der Waals surface area contributed by atoms with Gasteiger partial charge in [-0.05, 0) is 48.7 Å². The second kappa shape index (κ2) is 11.3. The van der Waals surface area contributed by atoms with Gasteiger partial charge in [-0.25, -0.2) is 16.9 Å². The Morgan fingerprint density at radius 2 is 1.62 bits per heavy atom. The molecule has 1 aliphatic heterocycles. The summed E-state index contributed by atoms with van der Waals surface area (Å²) >= 11 is 0. The largest absolute Gasteiger partial charge is 0.279 e. The van der Waals surface area contributed by atoms with Gasteiger partial charge in [-0.1, -0.05) is 57.5 Å². The molecule has 0 saturated carbocycles. The van der Waals surface area contributed by atoms with E-state index in [2.05, 4.69) is 11.3 Å². The minimum atomic E-state index is -3.69. The van der Waals surface area contributed by atoms with Gasteiger partial charge in [0.05, 0.1) is 15.5 Å². The molecule has 1 N–H and O–H groups in total. The van der Waals surface area contributed by atoms with Crippen LogP contribution in [-0.2, 0) is 21.0 Å². The Bertz CT molecular complexity index is 920. The lowest BCUT2D eigenvalue weighted by molar-refractivity contribution is 0.460. The first kappa shape index (κ1) is 23.3. The second-order valence-corrected chi connectivity index (χ2v) is 9.63. The molecule has 1 atom stereocenters. The van der Waals surface area contributed by atoms with Gasteiger partial charge in [-0.15, -0.1) is 0 Å². The molecular formula is C22H30N2O3S2. The van der Waals surface area contributed by atoms with Crippen molar-refractivity contribution in [3.05, 3.63) is 60.7 Å². The summed E-state index contributed by atoms with van der Waals surface area (Å²) in [5.74, 6) is 0. The molecule has 29 heavy (non-hydrogen) atoms. The van der Waals surface area contributed by atoms with E-state index in [0.717, 1.165) is 25.9 Å². The average molecular weight is 435 g/mol. The third-order valence-corrected chi connectivity index (χ3v) is 7.41. The van der Waals surface area contributed by atoms with E-state index in [0.29, 0.717) is 16.1 Å². The Hall–Kier alpha value is -1.96. The highest BCUT2D eigenvalue weighted by atomic mass is 32.2. The monoisotopic (exact) mass is 434 g/mol. The Morgan fingerprint density at radius 3 is 2.21 bits per heavy atom. The highest BCUT2D eigenvalue weighted by molar-refractivity contribution is 7.92. The van der Waals surface area contributed by atoms with Crippen LogP contribution in [0, 0.1) is 0 Å². The minimum Gasteiger partial charge on any atom is -0.279 e. The van der Waals surface area contributed by atoms with E-state index in [4.69, 9.17) is 0 Å². The van der Waals surface area contributed by atoms with Crippen LogP contribution in [0.4, 0.5) is 5.69 Å². The molecule has 3 rings (SSSR count). The summed E-state index contributed by atoms with van der Waals surface area (Å²) in [5, 5.41) is 0. The van der Waals surface area contributed by atoms with Crippen molar-refractivity contribution < 1.29 is 12.6 Å². The molecule has 2 aromatic carbocycles. The van der Waals surface area contributed by atoms with E-state index in [1.807, 2.05) is 18.2 Å². The highest BCUT2D eigenvalue weighted by Gasteiger charge is 2.19. The lowest BCUT2D eigenvalue weighted by Crippen LogP contribution is -2.27. The second-order valence-electron chi connectivity index (χ2n) is 6.46. The summed E-state index contributed by atoms with van der Waals surface area (Å²) in [6.45, 7) is 9.41. The van der Waals surface area contributed by atoms with Crippen molar-refractivity contribution >= 4 is 32.8 Å². The third-order valence-electron chi connectivity index (χ3n) is 4.54. The van der Waals surface area contributed by atoms with Crippen molar-refractivity contribution in [2.75, 3.05) is 17.8 Å². The quantitative estimate of drug-likeness (QED) is 0.691. The molecule has 0 aromatic heterocycles. The number of anilines is 1. The van der Waals surface area contributed by atoms with Gasteiger partial charge < -0.3 is 0 Å². The van der Waals surface area contributed by atoms with Crippen LogP contribution in [0.3, 0.4) is 0 Å². The summed E-state index contributed by atoms with van der Waals surface area (Å²) in [6.07, 6.45) is 6.02. The molecule has 1 heterocycles. The zero-order chi connectivity index (χ0) is 21.3. The first-order valence-corrected chi connectivity index (χ1v) is 12.6. The molecule has 0 bridgehead atoms. The molecule has 1 saturated heterocycles. The summed E-state index contributed by atoms with van der Waals surface area (Å²) in [5.41, 5.74) is 1.03. The molecule has 2 aromatic rings. The van der Waals surface area contributed by atoms with Crippen LogP contribution in [0.2, 0.25) is 0 Å². The number of benzene rings is 2. The van der Waals surface area contributed by atoms with Gasteiger partial charge in [0.2, 0.25) is 0 Å². The summed E-state index contributed by atoms with van der Waals surface area (Å²) in [7, 11) is -4.94. The first-order valence-electron chi connectivity index (χ1n) is 10.0. The van der Waals surface area contributed by atoms with Crippen LogP contribution in [-0.4, -0.2) is 30.0 Å². The molecular weight excluding hydrogens is 404 g/mol. The number of hydrogen-bond donors (Lipinski definition) is 1. The SMILES string of the molecule is C=Cc1cc(S(=O)N2CCCCCC2)ccc1NS(=O)(=O)c1ccccc1.CC. The molecule has 0 spiro atoms. The first-order chi connectivity index (χ1) is 14.0. The Labute approximate surface area is 177 Å². The van der Waals surface area contributed by atoms with Gasteiger partial charge in [-0.2, -0.15) is 0 Å². The highest BCUT2D eigenvalue weighted by Crippen LogP contribution is 2.25. The van der Waals surface area contributed by atoms with Crippen molar-refractivity contribution in [1.82, 2.24) is 4.31 Å². The number of nitrogens with one attached hydrogen (secondary N) is 1. The predicted octanol–water partition coefficient (Wildman–Crippen LogP) is 5.06. The maximum Gasteiger partial charge on any atom is 0.261 e. The molecule has 158 valence electrons. The van der Waals surface area contributed by atoms with Gasteiger partial charge in [0.15, 0.2) is 0 Å². The molecule has 0 amide bonds. The third kappa shape index (κ3) is 6.26. The van der Waals surface area contributed by atoms with E-state index >= 15 is 0 Å². The standard InChI is InChI=1S/C20H24N2O3S2.C2H6/c1-2-17-16-18(26(23)22-14-8-3-4-9-15-22)12-13-20(17)21-27(24,25)19-10-6-5-7-11-19;1-2/h2,5-7,10-13,16,21H,1,3-4,8-9,14-15H2;1-2H3. The fraction of sp³-hybridized carbons (Fsp3) is 0.364. The van der Waals surface area contributed by atoms with Crippen molar-refractivity contribution in [1.29, 1.82) is 0 Å². The number of nitrogens with zero attached hydrogens (tertiary/aromatic N) is 1. The van der Waals surface area contributed by atoms with Crippen molar-refractivity contribution in [3.8, 4) is 0 Å². The Kier molecular flexibility index (Phi) is 9.07.